The van der Waals surface area contributed by atoms with Crippen LogP contribution in [0, 0.1) is 6.92 Å². The number of rotatable bonds is 5. The van der Waals surface area contributed by atoms with E-state index in [9.17, 15) is 4.79 Å². The van der Waals surface area contributed by atoms with E-state index in [1.165, 1.54) is 11.1 Å². The molecule has 0 heterocycles. The molecule has 0 aliphatic rings. The molecule has 2 heteroatoms. The Balaban J connectivity index is 2.37. The maximum Gasteiger partial charge on any atom is 0.254 e. The minimum absolute atomic E-state index is 0.0880. The van der Waals surface area contributed by atoms with Gasteiger partial charge in [-0.2, -0.15) is 0 Å². The first-order valence-corrected chi connectivity index (χ1v) is 8.57. The minimum atomic E-state index is 0.0880. The minimum Gasteiger partial charge on any atom is -0.334 e. The summed E-state index contributed by atoms with van der Waals surface area (Å²) in [4.78, 5) is 14.9. The van der Waals surface area contributed by atoms with Gasteiger partial charge in [0.1, 0.15) is 0 Å². The van der Waals surface area contributed by atoms with Gasteiger partial charge in [-0.05, 0) is 57.4 Å². The van der Waals surface area contributed by atoms with Crippen LogP contribution < -0.4 is 0 Å². The molecule has 0 atom stereocenters. The Kier molecular flexibility index (Phi) is 5.97. The number of amides is 1. The Labute approximate surface area is 145 Å². The molecule has 0 aliphatic carbocycles. The maximum atomic E-state index is 13.0. The predicted octanol–water partition coefficient (Wildman–Crippen LogP) is 5.42. The Morgan fingerprint density at radius 3 is 1.92 bits per heavy atom. The molecule has 2 aromatic carbocycles. The average molecular weight is 321 g/mol. The fourth-order valence-electron chi connectivity index (χ4n) is 2.99. The largest absolute Gasteiger partial charge is 0.334 e. The zero-order valence-corrected chi connectivity index (χ0v) is 15.3. The number of nitrogens with zero attached hydrogens (tertiary/aromatic N) is 1. The van der Waals surface area contributed by atoms with Crippen LogP contribution in [0.1, 0.15) is 54.7 Å². The third kappa shape index (κ3) is 4.14. The second-order valence-electron chi connectivity index (χ2n) is 6.68. The van der Waals surface area contributed by atoms with Crippen molar-refractivity contribution in [2.75, 3.05) is 0 Å². The molecule has 0 spiro atoms. The predicted molar refractivity (Wildman–Crippen MR) is 103 cm³/mol. The molecular weight excluding hydrogens is 294 g/mol. The van der Waals surface area contributed by atoms with E-state index in [2.05, 4.69) is 52.8 Å². The van der Waals surface area contributed by atoms with E-state index in [0.717, 1.165) is 11.1 Å². The van der Waals surface area contributed by atoms with Crippen molar-refractivity contribution < 1.29 is 4.79 Å². The molecular formula is C22H27NO. The molecule has 0 N–H and O–H groups in total. The number of hydrogen-bond donors (Lipinski definition) is 0. The molecule has 0 unspecified atom stereocenters. The van der Waals surface area contributed by atoms with Crippen LogP contribution in [0.5, 0.6) is 0 Å². The van der Waals surface area contributed by atoms with Crippen molar-refractivity contribution in [2.45, 2.75) is 46.7 Å². The van der Waals surface area contributed by atoms with Gasteiger partial charge in [-0.3, -0.25) is 4.79 Å². The Bertz CT molecular complexity index is 720. The normalized spacial score (nSPS) is 11.5. The summed E-state index contributed by atoms with van der Waals surface area (Å²) in [6.45, 7) is 10.3. The topological polar surface area (TPSA) is 20.3 Å². The van der Waals surface area contributed by atoms with Gasteiger partial charge in [-0.1, -0.05) is 54.6 Å². The van der Waals surface area contributed by atoms with Gasteiger partial charge in [0.15, 0.2) is 0 Å². The number of carbonyl (C=O) groups is 1. The van der Waals surface area contributed by atoms with Crippen molar-refractivity contribution in [3.8, 4) is 0 Å². The first-order chi connectivity index (χ1) is 11.4. The lowest BCUT2D eigenvalue weighted by Gasteiger charge is -2.31. The van der Waals surface area contributed by atoms with Crippen molar-refractivity contribution in [2.24, 2.45) is 0 Å². The third-order valence-corrected chi connectivity index (χ3v) is 4.17. The highest BCUT2D eigenvalue weighted by Gasteiger charge is 2.22. The van der Waals surface area contributed by atoms with Gasteiger partial charge in [0.05, 0.1) is 0 Å². The molecule has 2 rings (SSSR count). The van der Waals surface area contributed by atoms with Gasteiger partial charge >= 0.3 is 0 Å². The van der Waals surface area contributed by atoms with Crippen LogP contribution in [0.4, 0.5) is 0 Å². The van der Waals surface area contributed by atoms with Gasteiger partial charge in [0.2, 0.25) is 0 Å². The lowest BCUT2D eigenvalue weighted by atomic mass is 10.0. The van der Waals surface area contributed by atoms with Gasteiger partial charge in [0, 0.05) is 17.6 Å². The highest BCUT2D eigenvalue weighted by molar-refractivity contribution is 5.99. The van der Waals surface area contributed by atoms with E-state index in [-0.39, 0.29) is 18.0 Å². The maximum absolute atomic E-state index is 13.0. The van der Waals surface area contributed by atoms with Crippen LogP contribution in [-0.2, 0) is 0 Å². The van der Waals surface area contributed by atoms with E-state index in [4.69, 9.17) is 0 Å². The van der Waals surface area contributed by atoms with Crippen LogP contribution in [0.2, 0.25) is 0 Å². The quantitative estimate of drug-likeness (QED) is 0.673. The van der Waals surface area contributed by atoms with Gasteiger partial charge < -0.3 is 4.90 Å². The molecule has 0 aliphatic heterocycles. The molecule has 0 bridgehead atoms. The summed E-state index contributed by atoms with van der Waals surface area (Å²) >= 11 is 0. The summed E-state index contributed by atoms with van der Waals surface area (Å²) in [5.41, 5.74) is 4.11. The van der Waals surface area contributed by atoms with Gasteiger partial charge in [-0.25, -0.2) is 0 Å². The van der Waals surface area contributed by atoms with Crippen molar-refractivity contribution in [1.29, 1.82) is 0 Å². The zero-order chi connectivity index (χ0) is 17.7. The first-order valence-electron chi connectivity index (χ1n) is 8.57. The van der Waals surface area contributed by atoms with Crippen LogP contribution in [0.3, 0.4) is 0 Å². The Morgan fingerprint density at radius 1 is 0.833 bits per heavy atom. The highest BCUT2D eigenvalue weighted by Crippen LogP contribution is 2.19. The van der Waals surface area contributed by atoms with Crippen molar-refractivity contribution in [3.63, 3.8) is 0 Å². The van der Waals surface area contributed by atoms with Crippen LogP contribution >= 0.6 is 0 Å². The Morgan fingerprint density at radius 2 is 1.33 bits per heavy atom. The summed E-state index contributed by atoms with van der Waals surface area (Å²) < 4.78 is 0. The van der Waals surface area contributed by atoms with E-state index in [0.29, 0.717) is 0 Å². The molecule has 2 nitrogen and oxygen atoms in total. The summed E-state index contributed by atoms with van der Waals surface area (Å²) in [6, 6.07) is 16.4. The SMILES string of the molecule is Cc1ccccc1/C=C/c1ccccc1C(=O)N(C(C)C)C(C)C. The summed E-state index contributed by atoms with van der Waals surface area (Å²) in [6.07, 6.45) is 4.12. The van der Waals surface area contributed by atoms with Crippen LogP contribution in [0.15, 0.2) is 48.5 Å². The summed E-state index contributed by atoms with van der Waals surface area (Å²) in [5, 5.41) is 0. The van der Waals surface area contributed by atoms with E-state index < -0.39 is 0 Å². The smallest absolute Gasteiger partial charge is 0.254 e. The Hall–Kier alpha value is -2.35. The lowest BCUT2D eigenvalue weighted by Crippen LogP contribution is -2.42. The van der Waals surface area contributed by atoms with E-state index >= 15 is 0 Å². The lowest BCUT2D eigenvalue weighted by molar-refractivity contribution is 0.0643. The fraction of sp³-hybridized carbons (Fsp3) is 0.318. The zero-order valence-electron chi connectivity index (χ0n) is 15.3. The molecule has 0 aromatic heterocycles. The van der Waals surface area contributed by atoms with E-state index in [1.54, 1.807) is 0 Å². The molecule has 24 heavy (non-hydrogen) atoms. The molecule has 126 valence electrons. The van der Waals surface area contributed by atoms with Crippen molar-refractivity contribution in [1.82, 2.24) is 4.90 Å². The second kappa shape index (κ2) is 7.96. The first kappa shape index (κ1) is 18.0. The highest BCUT2D eigenvalue weighted by atomic mass is 16.2. The number of aryl methyl sites for hydroxylation is 1. The van der Waals surface area contributed by atoms with Crippen molar-refractivity contribution >= 4 is 18.1 Å². The van der Waals surface area contributed by atoms with Crippen LogP contribution in [-0.4, -0.2) is 22.9 Å². The number of hydrogen-bond acceptors (Lipinski definition) is 1. The molecule has 2 aromatic rings. The third-order valence-electron chi connectivity index (χ3n) is 4.17. The number of carbonyl (C=O) groups excluding carboxylic acids is 1. The average Bonchev–Trinajstić information content (AvgIpc) is 2.53. The van der Waals surface area contributed by atoms with Gasteiger partial charge in [-0.15, -0.1) is 0 Å². The molecule has 0 fully saturated rings. The number of benzene rings is 2. The van der Waals surface area contributed by atoms with Crippen LogP contribution in [0.25, 0.3) is 12.2 Å². The summed E-state index contributed by atoms with van der Waals surface area (Å²) in [7, 11) is 0. The second-order valence-corrected chi connectivity index (χ2v) is 6.68. The van der Waals surface area contributed by atoms with Crippen molar-refractivity contribution in [3.05, 3.63) is 70.8 Å². The fourth-order valence-corrected chi connectivity index (χ4v) is 2.99. The summed E-state index contributed by atoms with van der Waals surface area (Å²) in [5.74, 6) is 0.0880. The van der Waals surface area contributed by atoms with Gasteiger partial charge in [0.25, 0.3) is 5.91 Å². The monoisotopic (exact) mass is 321 g/mol. The molecule has 0 saturated carbocycles. The van der Waals surface area contributed by atoms with E-state index in [1.807, 2.05) is 47.4 Å². The standard InChI is InChI=1S/C22H27NO/c1-16(2)23(17(3)4)22(24)21-13-9-8-12-20(21)15-14-19-11-7-6-10-18(19)5/h6-17H,1-5H3/b15-14+. The molecule has 1 amide bonds. The molecule has 0 radical (unpaired) electrons. The molecule has 0 saturated heterocycles.